The highest BCUT2D eigenvalue weighted by Gasteiger charge is 2.17. The van der Waals surface area contributed by atoms with Crippen LogP contribution >= 0.6 is 11.8 Å². The third kappa shape index (κ3) is 6.23. The van der Waals surface area contributed by atoms with Crippen LogP contribution in [0.4, 0.5) is 0 Å². The number of thioether (sulfide) groups is 1. The molecule has 1 unspecified atom stereocenters. The van der Waals surface area contributed by atoms with E-state index in [9.17, 15) is 4.79 Å². The van der Waals surface area contributed by atoms with Crippen molar-refractivity contribution in [3.63, 3.8) is 0 Å². The molecule has 1 atom stereocenters. The predicted molar refractivity (Wildman–Crippen MR) is 143 cm³/mol. The Kier molecular flexibility index (Phi) is 8.43. The molecule has 0 bridgehead atoms. The fourth-order valence-corrected chi connectivity index (χ4v) is 5.04. The van der Waals surface area contributed by atoms with E-state index in [1.54, 1.807) is 0 Å². The molecular formula is C30H31NO3S. The maximum Gasteiger partial charge on any atom is 0.313 e. The summed E-state index contributed by atoms with van der Waals surface area (Å²) in [6.07, 6.45) is 1.05. The average Bonchev–Trinajstić information content (AvgIpc) is 3.27. The van der Waals surface area contributed by atoms with E-state index in [0.717, 1.165) is 57.2 Å². The van der Waals surface area contributed by atoms with Crippen molar-refractivity contribution in [1.82, 2.24) is 5.16 Å². The third-order valence-corrected chi connectivity index (χ3v) is 7.13. The number of ether oxygens (including phenoxy) is 1. The molecule has 0 fully saturated rings. The number of carbonyl (C=O) groups is 1. The smallest absolute Gasteiger partial charge is 0.313 e. The van der Waals surface area contributed by atoms with Gasteiger partial charge in [-0.3, -0.25) is 4.79 Å². The number of aromatic nitrogens is 1. The molecule has 1 heterocycles. The van der Waals surface area contributed by atoms with Crippen molar-refractivity contribution in [3.8, 4) is 22.5 Å². The lowest BCUT2D eigenvalue weighted by Gasteiger charge is -2.11. The Morgan fingerprint density at radius 2 is 1.57 bits per heavy atom. The van der Waals surface area contributed by atoms with E-state index in [1.165, 1.54) is 5.56 Å². The summed E-state index contributed by atoms with van der Waals surface area (Å²) in [6, 6.07) is 27.0. The van der Waals surface area contributed by atoms with E-state index in [2.05, 4.69) is 59.8 Å². The molecule has 5 heteroatoms. The molecule has 0 radical (unpaired) electrons. The van der Waals surface area contributed by atoms with Gasteiger partial charge in [-0.25, -0.2) is 0 Å². The molecule has 0 saturated carbocycles. The summed E-state index contributed by atoms with van der Waals surface area (Å²) in [4.78, 5) is 12.0. The summed E-state index contributed by atoms with van der Waals surface area (Å²) in [6.45, 7) is 6.10. The van der Waals surface area contributed by atoms with Gasteiger partial charge in [0.25, 0.3) is 0 Å². The van der Waals surface area contributed by atoms with Gasteiger partial charge in [-0.15, -0.1) is 0 Å². The van der Waals surface area contributed by atoms with Crippen molar-refractivity contribution >= 4 is 17.7 Å². The summed E-state index contributed by atoms with van der Waals surface area (Å²) in [5.74, 6) is 2.31. The molecular weight excluding hydrogens is 454 g/mol. The maximum absolute atomic E-state index is 12.0. The van der Waals surface area contributed by atoms with Gasteiger partial charge in [0.15, 0.2) is 5.76 Å². The Balaban J connectivity index is 1.41. The van der Waals surface area contributed by atoms with Gasteiger partial charge in [0.2, 0.25) is 0 Å². The van der Waals surface area contributed by atoms with Crippen molar-refractivity contribution in [3.05, 3.63) is 101 Å². The lowest BCUT2D eigenvalue weighted by atomic mass is 9.97. The Labute approximate surface area is 211 Å². The first-order valence-electron chi connectivity index (χ1n) is 12.0. The second kappa shape index (κ2) is 11.9. The van der Waals surface area contributed by atoms with Gasteiger partial charge in [0.1, 0.15) is 0 Å². The van der Waals surface area contributed by atoms with Crippen LogP contribution in [0, 0.1) is 6.92 Å². The molecule has 0 aliphatic carbocycles. The summed E-state index contributed by atoms with van der Waals surface area (Å²) in [7, 11) is 0. The number of hydrogen-bond donors (Lipinski definition) is 0. The fourth-order valence-electron chi connectivity index (χ4n) is 3.98. The SMILES string of the molecule is CCOC(=O)C(C)c1ccc(-c2ccc(-c3onc(C)c3CSCCc3ccccc3)cc2)cc1. The van der Waals surface area contributed by atoms with E-state index < -0.39 is 0 Å². The monoisotopic (exact) mass is 485 g/mol. The Hall–Kier alpha value is -3.31. The van der Waals surface area contributed by atoms with E-state index in [-0.39, 0.29) is 11.9 Å². The minimum atomic E-state index is -0.273. The topological polar surface area (TPSA) is 52.3 Å². The lowest BCUT2D eigenvalue weighted by Crippen LogP contribution is -2.12. The van der Waals surface area contributed by atoms with Crippen LogP contribution in [0.5, 0.6) is 0 Å². The standard InChI is InChI=1S/C30H31NO3S/c1-4-33-30(32)21(2)24-10-12-25(13-11-24)26-14-16-27(17-15-26)29-28(22(3)31-34-29)20-35-19-18-23-8-6-5-7-9-23/h5-17,21H,4,18-20H2,1-3H3. The zero-order chi connectivity index (χ0) is 24.6. The fraction of sp³-hybridized carbons (Fsp3) is 0.267. The molecule has 35 heavy (non-hydrogen) atoms. The highest BCUT2D eigenvalue weighted by molar-refractivity contribution is 7.98. The number of esters is 1. The normalized spacial score (nSPS) is 11.9. The van der Waals surface area contributed by atoms with Crippen molar-refractivity contribution in [1.29, 1.82) is 0 Å². The van der Waals surface area contributed by atoms with Gasteiger partial charge in [0.05, 0.1) is 18.2 Å². The molecule has 4 rings (SSSR count). The van der Waals surface area contributed by atoms with Crippen LogP contribution in [-0.4, -0.2) is 23.5 Å². The van der Waals surface area contributed by atoms with Crippen molar-refractivity contribution in [2.45, 2.75) is 38.9 Å². The van der Waals surface area contributed by atoms with Crippen molar-refractivity contribution < 1.29 is 14.1 Å². The number of benzene rings is 3. The van der Waals surface area contributed by atoms with Gasteiger partial charge >= 0.3 is 5.97 Å². The van der Waals surface area contributed by atoms with E-state index in [4.69, 9.17) is 9.26 Å². The minimum absolute atomic E-state index is 0.194. The second-order valence-corrected chi connectivity index (χ2v) is 9.64. The number of aryl methyl sites for hydroxylation is 2. The molecule has 0 aliphatic heterocycles. The van der Waals surface area contributed by atoms with Gasteiger partial charge < -0.3 is 9.26 Å². The molecule has 0 saturated heterocycles. The minimum Gasteiger partial charge on any atom is -0.466 e. The van der Waals surface area contributed by atoms with E-state index in [0.29, 0.717) is 6.61 Å². The number of rotatable bonds is 10. The van der Waals surface area contributed by atoms with E-state index >= 15 is 0 Å². The quantitative estimate of drug-likeness (QED) is 0.172. The molecule has 4 nitrogen and oxygen atoms in total. The molecule has 0 aliphatic rings. The van der Waals surface area contributed by atoms with Crippen LogP contribution in [0.3, 0.4) is 0 Å². The van der Waals surface area contributed by atoms with E-state index in [1.807, 2.05) is 56.8 Å². The third-order valence-electron chi connectivity index (χ3n) is 6.14. The molecule has 3 aromatic carbocycles. The number of nitrogens with zero attached hydrogens (tertiary/aromatic N) is 1. The Bertz CT molecular complexity index is 1230. The van der Waals surface area contributed by atoms with Gasteiger partial charge in [-0.1, -0.05) is 84.0 Å². The second-order valence-electron chi connectivity index (χ2n) is 8.54. The van der Waals surface area contributed by atoms with Crippen LogP contribution in [-0.2, 0) is 21.7 Å². The highest BCUT2D eigenvalue weighted by Crippen LogP contribution is 2.32. The van der Waals surface area contributed by atoms with Crippen molar-refractivity contribution in [2.75, 3.05) is 12.4 Å². The van der Waals surface area contributed by atoms with Crippen LogP contribution in [0.2, 0.25) is 0 Å². The number of hydrogen-bond acceptors (Lipinski definition) is 5. The first-order chi connectivity index (χ1) is 17.1. The first kappa shape index (κ1) is 24.8. The van der Waals surface area contributed by atoms with Crippen LogP contribution in [0.25, 0.3) is 22.5 Å². The molecule has 0 spiro atoms. The largest absolute Gasteiger partial charge is 0.466 e. The average molecular weight is 486 g/mol. The summed E-state index contributed by atoms with van der Waals surface area (Å²) < 4.78 is 10.9. The van der Waals surface area contributed by atoms with Crippen molar-refractivity contribution in [2.24, 2.45) is 0 Å². The highest BCUT2D eigenvalue weighted by atomic mass is 32.2. The zero-order valence-corrected chi connectivity index (χ0v) is 21.3. The van der Waals surface area contributed by atoms with Crippen LogP contribution in [0.1, 0.15) is 42.1 Å². The summed E-state index contributed by atoms with van der Waals surface area (Å²) >= 11 is 1.90. The van der Waals surface area contributed by atoms with Gasteiger partial charge in [0, 0.05) is 16.9 Å². The molecule has 0 N–H and O–H groups in total. The molecule has 0 amide bonds. The Morgan fingerprint density at radius 3 is 2.23 bits per heavy atom. The molecule has 180 valence electrons. The molecule has 4 aromatic rings. The van der Waals surface area contributed by atoms with Gasteiger partial charge in [-0.05, 0) is 55.2 Å². The van der Waals surface area contributed by atoms with Gasteiger partial charge in [-0.2, -0.15) is 11.8 Å². The molecule has 1 aromatic heterocycles. The lowest BCUT2D eigenvalue weighted by molar-refractivity contribution is -0.144. The van der Waals surface area contributed by atoms with Crippen LogP contribution < -0.4 is 0 Å². The van der Waals surface area contributed by atoms with Crippen LogP contribution in [0.15, 0.2) is 83.4 Å². The zero-order valence-electron chi connectivity index (χ0n) is 20.5. The first-order valence-corrected chi connectivity index (χ1v) is 13.2. The number of carbonyl (C=O) groups excluding carboxylic acids is 1. The maximum atomic E-state index is 12.0. The Morgan fingerprint density at radius 1 is 0.943 bits per heavy atom. The summed E-state index contributed by atoms with van der Waals surface area (Å²) in [5, 5.41) is 4.24. The summed E-state index contributed by atoms with van der Waals surface area (Å²) in [5.41, 5.74) is 7.66. The predicted octanol–water partition coefficient (Wildman–Crippen LogP) is 7.46.